The Morgan fingerprint density at radius 2 is 2.35 bits per heavy atom. The van der Waals surface area contributed by atoms with Crippen LogP contribution in [0.5, 0.6) is 0 Å². The van der Waals surface area contributed by atoms with Crippen LogP contribution in [-0.2, 0) is 19.5 Å². The second-order valence-electron chi connectivity index (χ2n) is 3.56. The highest BCUT2D eigenvalue weighted by Crippen LogP contribution is 2.15. The molecule has 1 N–H and O–H groups in total. The number of nitrogens with one attached hydrogen (secondary N) is 1. The van der Waals surface area contributed by atoms with Crippen LogP contribution in [0.4, 0.5) is 0 Å². The third kappa shape index (κ3) is 3.16. The van der Waals surface area contributed by atoms with E-state index in [1.165, 1.54) is 11.3 Å². The quantitative estimate of drug-likeness (QED) is 0.881. The van der Waals surface area contributed by atoms with Crippen molar-refractivity contribution < 1.29 is 4.42 Å². The van der Waals surface area contributed by atoms with Crippen LogP contribution < -0.4 is 5.32 Å². The smallest absolute Gasteiger partial charge is 0.208 e. The van der Waals surface area contributed by atoms with Gasteiger partial charge in [0.15, 0.2) is 0 Å². The van der Waals surface area contributed by atoms with Gasteiger partial charge in [0.2, 0.25) is 5.89 Å². The van der Waals surface area contributed by atoms with E-state index < -0.39 is 0 Å². The summed E-state index contributed by atoms with van der Waals surface area (Å²) in [5.41, 5.74) is 0. The summed E-state index contributed by atoms with van der Waals surface area (Å²) in [5, 5.41) is 11.9. The highest BCUT2D eigenvalue weighted by Gasteiger charge is 2.03. The fraction of sp³-hybridized carbons (Fsp3) is 0.333. The molecule has 0 aromatic carbocycles. The minimum absolute atomic E-state index is 0.611. The summed E-state index contributed by atoms with van der Waals surface area (Å²) in [7, 11) is 0. The molecule has 88 valence electrons. The third-order valence-corrected chi connectivity index (χ3v) is 3.29. The standard InChI is InChI=1S/C12H13N3OS/c1-2-9-6-15-12(16-9)8-14-7-11-4-3-10(5-13)17-11/h3-4,6,14H,2,7-8H2,1H3. The first-order valence-electron chi connectivity index (χ1n) is 5.45. The van der Waals surface area contributed by atoms with E-state index in [0.29, 0.717) is 12.4 Å². The van der Waals surface area contributed by atoms with Gasteiger partial charge in [-0.3, -0.25) is 0 Å². The predicted molar refractivity (Wildman–Crippen MR) is 65.5 cm³/mol. The van der Waals surface area contributed by atoms with Crippen molar-refractivity contribution >= 4 is 11.3 Å². The molecule has 0 fully saturated rings. The molecule has 0 bridgehead atoms. The molecule has 0 spiro atoms. The molecule has 0 amide bonds. The molecule has 2 heterocycles. The summed E-state index contributed by atoms with van der Waals surface area (Å²) >= 11 is 1.50. The first kappa shape index (κ1) is 11.8. The Labute approximate surface area is 104 Å². The van der Waals surface area contributed by atoms with Crippen molar-refractivity contribution in [1.29, 1.82) is 5.26 Å². The zero-order valence-electron chi connectivity index (χ0n) is 9.56. The number of hydrogen-bond acceptors (Lipinski definition) is 5. The van der Waals surface area contributed by atoms with Gasteiger partial charge >= 0.3 is 0 Å². The van der Waals surface area contributed by atoms with E-state index in [1.54, 1.807) is 6.20 Å². The molecule has 0 aliphatic rings. The van der Waals surface area contributed by atoms with Crippen molar-refractivity contribution in [3.63, 3.8) is 0 Å². The van der Waals surface area contributed by atoms with Crippen LogP contribution in [0, 0.1) is 11.3 Å². The summed E-state index contributed by atoms with van der Waals surface area (Å²) < 4.78 is 5.47. The lowest BCUT2D eigenvalue weighted by molar-refractivity contribution is 0.439. The highest BCUT2D eigenvalue weighted by atomic mass is 32.1. The largest absolute Gasteiger partial charge is 0.444 e. The van der Waals surface area contributed by atoms with E-state index in [-0.39, 0.29) is 0 Å². The molecule has 0 saturated carbocycles. The van der Waals surface area contributed by atoms with Gasteiger partial charge in [-0.2, -0.15) is 5.26 Å². The summed E-state index contributed by atoms with van der Waals surface area (Å²) in [6.45, 7) is 3.38. The van der Waals surface area contributed by atoms with Crippen LogP contribution in [0.1, 0.15) is 28.3 Å². The molecule has 5 heteroatoms. The Morgan fingerprint density at radius 3 is 3.00 bits per heavy atom. The van der Waals surface area contributed by atoms with E-state index >= 15 is 0 Å². The molecule has 4 nitrogen and oxygen atoms in total. The second kappa shape index (κ2) is 5.62. The molecule has 0 saturated heterocycles. The second-order valence-corrected chi connectivity index (χ2v) is 4.72. The molecule has 0 radical (unpaired) electrons. The van der Waals surface area contributed by atoms with Gasteiger partial charge in [0.05, 0.1) is 12.7 Å². The predicted octanol–water partition coefficient (Wildman–Crippen LogP) is 2.46. The Bertz CT molecular complexity index is 524. The average Bonchev–Trinajstić information content (AvgIpc) is 2.97. The van der Waals surface area contributed by atoms with E-state index in [1.807, 2.05) is 19.1 Å². The molecule has 2 aromatic heterocycles. The number of aromatic nitrogens is 1. The molecule has 0 unspecified atom stereocenters. The molecule has 0 atom stereocenters. The first-order chi connectivity index (χ1) is 8.31. The molecule has 2 rings (SSSR count). The molecule has 0 aliphatic heterocycles. The van der Waals surface area contributed by atoms with Crippen molar-refractivity contribution in [2.45, 2.75) is 26.4 Å². The van der Waals surface area contributed by atoms with E-state index in [4.69, 9.17) is 9.68 Å². The molecule has 0 aliphatic carbocycles. The lowest BCUT2D eigenvalue weighted by Gasteiger charge is -1.98. The van der Waals surface area contributed by atoms with Crippen molar-refractivity contribution in [2.75, 3.05) is 0 Å². The minimum Gasteiger partial charge on any atom is -0.444 e. The van der Waals surface area contributed by atoms with Crippen LogP contribution in [0.15, 0.2) is 22.7 Å². The summed E-state index contributed by atoms with van der Waals surface area (Å²) in [5.74, 6) is 1.61. The molecular weight excluding hydrogens is 234 g/mol. The Hall–Kier alpha value is -1.64. The highest BCUT2D eigenvalue weighted by molar-refractivity contribution is 7.12. The molecular formula is C12H13N3OS. The van der Waals surface area contributed by atoms with Crippen LogP contribution in [0.2, 0.25) is 0 Å². The van der Waals surface area contributed by atoms with Crippen molar-refractivity contribution in [2.24, 2.45) is 0 Å². The maximum atomic E-state index is 8.70. The van der Waals surface area contributed by atoms with Gasteiger partial charge in [-0.15, -0.1) is 11.3 Å². The van der Waals surface area contributed by atoms with Gasteiger partial charge in [-0.1, -0.05) is 6.92 Å². The lowest BCUT2D eigenvalue weighted by atomic mass is 10.4. The molecule has 2 aromatic rings. The fourth-order valence-corrected chi connectivity index (χ4v) is 2.19. The van der Waals surface area contributed by atoms with Gasteiger partial charge in [-0.05, 0) is 12.1 Å². The van der Waals surface area contributed by atoms with Gasteiger partial charge in [-0.25, -0.2) is 4.98 Å². The van der Waals surface area contributed by atoms with Crippen LogP contribution in [0.3, 0.4) is 0 Å². The Balaban J connectivity index is 1.81. The van der Waals surface area contributed by atoms with E-state index in [0.717, 1.165) is 28.5 Å². The Morgan fingerprint density at radius 1 is 1.47 bits per heavy atom. The number of aryl methyl sites for hydroxylation is 1. The third-order valence-electron chi connectivity index (χ3n) is 2.30. The Kier molecular flexibility index (Phi) is 3.91. The minimum atomic E-state index is 0.611. The maximum absolute atomic E-state index is 8.70. The summed E-state index contributed by atoms with van der Waals surface area (Å²) in [6.07, 6.45) is 2.62. The van der Waals surface area contributed by atoms with E-state index in [9.17, 15) is 0 Å². The zero-order chi connectivity index (χ0) is 12.1. The van der Waals surface area contributed by atoms with E-state index in [2.05, 4.69) is 16.4 Å². The van der Waals surface area contributed by atoms with Crippen LogP contribution in [0.25, 0.3) is 0 Å². The van der Waals surface area contributed by atoms with Crippen molar-refractivity contribution in [3.05, 3.63) is 39.7 Å². The summed E-state index contributed by atoms with van der Waals surface area (Å²) in [4.78, 5) is 6.05. The average molecular weight is 247 g/mol. The zero-order valence-corrected chi connectivity index (χ0v) is 10.4. The number of thiophene rings is 1. The van der Waals surface area contributed by atoms with Crippen molar-refractivity contribution in [1.82, 2.24) is 10.3 Å². The van der Waals surface area contributed by atoms with Crippen molar-refractivity contribution in [3.8, 4) is 6.07 Å². The SMILES string of the molecule is CCc1cnc(CNCc2ccc(C#N)s2)o1. The number of nitrogens with zero attached hydrogens (tertiary/aromatic N) is 2. The number of oxazole rings is 1. The van der Waals surface area contributed by atoms with Gasteiger partial charge in [0.1, 0.15) is 16.7 Å². The van der Waals surface area contributed by atoms with Gasteiger partial charge < -0.3 is 9.73 Å². The topological polar surface area (TPSA) is 61.9 Å². The lowest BCUT2D eigenvalue weighted by Crippen LogP contribution is -2.11. The monoisotopic (exact) mass is 247 g/mol. The number of rotatable bonds is 5. The van der Waals surface area contributed by atoms with Crippen LogP contribution in [-0.4, -0.2) is 4.98 Å². The number of hydrogen-bond donors (Lipinski definition) is 1. The van der Waals surface area contributed by atoms with Crippen LogP contribution >= 0.6 is 11.3 Å². The van der Waals surface area contributed by atoms with Gasteiger partial charge in [0.25, 0.3) is 0 Å². The maximum Gasteiger partial charge on any atom is 0.208 e. The van der Waals surface area contributed by atoms with Gasteiger partial charge in [0, 0.05) is 17.8 Å². The first-order valence-corrected chi connectivity index (χ1v) is 6.26. The fourth-order valence-electron chi connectivity index (χ4n) is 1.42. The normalized spacial score (nSPS) is 10.4. The summed E-state index contributed by atoms with van der Waals surface area (Å²) in [6, 6.07) is 5.92. The number of nitriles is 1. The molecule has 17 heavy (non-hydrogen) atoms.